The predicted molar refractivity (Wildman–Crippen MR) is 37.8 cm³/mol. The summed E-state index contributed by atoms with van der Waals surface area (Å²) in [6, 6.07) is 0. The second kappa shape index (κ2) is 3.06. The summed E-state index contributed by atoms with van der Waals surface area (Å²) in [6.45, 7) is 6.62. The highest BCUT2D eigenvalue weighted by Crippen LogP contribution is 2.09. The Morgan fingerprint density at radius 3 is 1.80 bits per heavy atom. The number of allylic oxidation sites excluding steroid dienone is 2. The van der Waals surface area contributed by atoms with Gasteiger partial charge in [0.2, 0.25) is 5.76 Å². The summed E-state index contributed by atoms with van der Waals surface area (Å²) in [5, 5.41) is 17.0. The van der Waals surface area contributed by atoms with E-state index in [1.807, 2.05) is 0 Å². The number of hydrogen-bond acceptors (Lipinski definition) is 2. The van der Waals surface area contributed by atoms with Gasteiger partial charge in [0, 0.05) is 5.57 Å². The van der Waals surface area contributed by atoms with Gasteiger partial charge in [0.15, 0.2) is 0 Å². The molecule has 0 heterocycles. The van der Waals surface area contributed by atoms with Crippen LogP contribution in [-0.2, 0) is 4.79 Å². The lowest BCUT2D eigenvalue weighted by Crippen LogP contribution is -2.02. The molecule has 0 saturated heterocycles. The van der Waals surface area contributed by atoms with Gasteiger partial charge in [-0.3, -0.25) is 0 Å². The van der Waals surface area contributed by atoms with Crippen LogP contribution in [-0.4, -0.2) is 16.2 Å². The molecular formula is C7H10O3. The fraction of sp³-hybridized carbons (Fsp3) is 0.286. The van der Waals surface area contributed by atoms with Gasteiger partial charge in [-0.25, -0.2) is 4.79 Å². The lowest BCUT2D eigenvalue weighted by molar-refractivity contribution is -0.135. The first-order valence-electron chi connectivity index (χ1n) is 2.75. The second-order valence-corrected chi connectivity index (χ2v) is 2.06. The van der Waals surface area contributed by atoms with Gasteiger partial charge in [-0.2, -0.15) is 0 Å². The maximum atomic E-state index is 10.1. The number of carboxylic acid groups (broad SMARTS) is 1. The highest BCUT2D eigenvalue weighted by molar-refractivity contribution is 5.85. The van der Waals surface area contributed by atoms with E-state index in [9.17, 15) is 4.79 Å². The zero-order chi connectivity index (χ0) is 8.31. The molecule has 0 unspecified atom stereocenters. The molecule has 0 bridgehead atoms. The molecule has 0 aromatic heterocycles. The normalized spacial score (nSPS) is 12.2. The van der Waals surface area contributed by atoms with Gasteiger partial charge in [0.25, 0.3) is 0 Å². The van der Waals surface area contributed by atoms with Crippen LogP contribution in [0.4, 0.5) is 0 Å². The minimum absolute atomic E-state index is 0.313. The molecule has 3 nitrogen and oxygen atoms in total. The highest BCUT2D eigenvalue weighted by atomic mass is 16.4. The average molecular weight is 142 g/mol. The molecule has 0 aromatic rings. The van der Waals surface area contributed by atoms with E-state index >= 15 is 0 Å². The minimum atomic E-state index is -1.32. The molecule has 56 valence electrons. The second-order valence-electron chi connectivity index (χ2n) is 2.06. The summed E-state index contributed by atoms with van der Waals surface area (Å²) < 4.78 is 0. The topological polar surface area (TPSA) is 57.5 Å². The van der Waals surface area contributed by atoms with Gasteiger partial charge in [-0.15, -0.1) is 0 Å². The fourth-order valence-electron chi connectivity index (χ4n) is 0.363. The maximum Gasteiger partial charge on any atom is 0.371 e. The Bertz CT molecular complexity index is 179. The van der Waals surface area contributed by atoms with E-state index in [0.717, 1.165) is 0 Å². The SMILES string of the molecule is C=C(C)C(C)=C(O)C(=O)O. The quantitative estimate of drug-likeness (QED) is 0.349. The molecule has 0 fully saturated rings. The summed E-state index contributed by atoms with van der Waals surface area (Å²) in [6.07, 6.45) is 0. The van der Waals surface area contributed by atoms with Crippen molar-refractivity contribution in [2.45, 2.75) is 13.8 Å². The third kappa shape index (κ3) is 1.93. The van der Waals surface area contributed by atoms with E-state index in [-0.39, 0.29) is 0 Å². The largest absolute Gasteiger partial charge is 0.502 e. The van der Waals surface area contributed by atoms with Crippen molar-refractivity contribution in [3.63, 3.8) is 0 Å². The molecule has 3 heteroatoms. The molecule has 0 aromatic carbocycles. The summed E-state index contributed by atoms with van der Waals surface area (Å²) in [5.74, 6) is -1.95. The Hall–Kier alpha value is -1.25. The monoisotopic (exact) mass is 142 g/mol. The fourth-order valence-corrected chi connectivity index (χ4v) is 0.363. The zero-order valence-electron chi connectivity index (χ0n) is 6.01. The molecule has 0 aliphatic carbocycles. The molecule has 0 spiro atoms. The van der Waals surface area contributed by atoms with Crippen molar-refractivity contribution in [2.24, 2.45) is 0 Å². The Balaban J connectivity index is 4.67. The van der Waals surface area contributed by atoms with Crippen molar-refractivity contribution in [1.29, 1.82) is 0 Å². The summed E-state index contributed by atoms with van der Waals surface area (Å²) in [5.41, 5.74) is 0.868. The first kappa shape index (κ1) is 8.75. The van der Waals surface area contributed by atoms with Crippen LogP contribution in [0, 0.1) is 0 Å². The molecule has 0 rings (SSSR count). The third-order valence-electron chi connectivity index (χ3n) is 1.20. The van der Waals surface area contributed by atoms with E-state index in [2.05, 4.69) is 6.58 Å². The minimum Gasteiger partial charge on any atom is -0.502 e. The standard InChI is InChI=1S/C7H10O3/c1-4(2)5(3)6(8)7(9)10/h8H,1H2,2-3H3,(H,9,10). The maximum absolute atomic E-state index is 10.1. The van der Waals surface area contributed by atoms with Crippen LogP contribution in [0.3, 0.4) is 0 Å². The first-order chi connectivity index (χ1) is 4.46. The van der Waals surface area contributed by atoms with Gasteiger partial charge in [0.1, 0.15) is 0 Å². The van der Waals surface area contributed by atoms with E-state index < -0.39 is 11.7 Å². The molecule has 2 N–H and O–H groups in total. The average Bonchev–Trinajstić information content (AvgIpc) is 1.84. The Morgan fingerprint density at radius 1 is 1.30 bits per heavy atom. The molecular weight excluding hydrogens is 132 g/mol. The van der Waals surface area contributed by atoms with Crippen molar-refractivity contribution in [1.82, 2.24) is 0 Å². The van der Waals surface area contributed by atoms with Gasteiger partial charge >= 0.3 is 5.97 Å². The number of aliphatic hydroxyl groups is 1. The highest BCUT2D eigenvalue weighted by Gasteiger charge is 2.08. The van der Waals surface area contributed by atoms with Crippen LogP contribution in [0.1, 0.15) is 13.8 Å². The molecule has 0 saturated carbocycles. The van der Waals surface area contributed by atoms with Crippen LogP contribution in [0.25, 0.3) is 0 Å². The number of rotatable bonds is 2. The first-order valence-corrected chi connectivity index (χ1v) is 2.75. The van der Waals surface area contributed by atoms with Gasteiger partial charge < -0.3 is 10.2 Å². The lowest BCUT2D eigenvalue weighted by atomic mass is 10.1. The molecule has 0 aliphatic heterocycles. The van der Waals surface area contributed by atoms with Crippen molar-refractivity contribution in [3.8, 4) is 0 Å². The molecule has 0 aliphatic rings. The van der Waals surface area contributed by atoms with Gasteiger partial charge in [-0.1, -0.05) is 12.2 Å². The van der Waals surface area contributed by atoms with Gasteiger partial charge in [0.05, 0.1) is 0 Å². The smallest absolute Gasteiger partial charge is 0.371 e. The van der Waals surface area contributed by atoms with Crippen LogP contribution in [0.15, 0.2) is 23.5 Å². The van der Waals surface area contributed by atoms with Crippen molar-refractivity contribution in [3.05, 3.63) is 23.5 Å². The predicted octanol–water partition coefficient (Wildman–Crippen LogP) is 1.48. The molecule has 10 heavy (non-hydrogen) atoms. The van der Waals surface area contributed by atoms with E-state index in [4.69, 9.17) is 10.2 Å². The molecule has 0 amide bonds. The number of aliphatic hydroxyl groups excluding tert-OH is 1. The summed E-state index contributed by atoms with van der Waals surface area (Å²) >= 11 is 0. The number of carboxylic acids is 1. The Labute approximate surface area is 59.3 Å². The summed E-state index contributed by atoms with van der Waals surface area (Å²) in [7, 11) is 0. The van der Waals surface area contributed by atoms with Crippen molar-refractivity contribution >= 4 is 5.97 Å². The zero-order valence-corrected chi connectivity index (χ0v) is 6.01. The molecule has 0 atom stereocenters. The summed E-state index contributed by atoms with van der Waals surface area (Å²) in [4.78, 5) is 10.1. The number of carbonyl (C=O) groups is 1. The van der Waals surface area contributed by atoms with Gasteiger partial charge in [-0.05, 0) is 13.8 Å². The number of aliphatic carboxylic acids is 1. The van der Waals surface area contributed by atoms with Crippen molar-refractivity contribution < 1.29 is 15.0 Å². The molecule has 0 radical (unpaired) electrons. The van der Waals surface area contributed by atoms with Crippen LogP contribution < -0.4 is 0 Å². The lowest BCUT2D eigenvalue weighted by Gasteiger charge is -1.99. The van der Waals surface area contributed by atoms with Crippen LogP contribution in [0.2, 0.25) is 0 Å². The van der Waals surface area contributed by atoms with E-state index in [1.165, 1.54) is 6.92 Å². The Morgan fingerprint density at radius 2 is 1.70 bits per heavy atom. The van der Waals surface area contributed by atoms with E-state index in [1.54, 1.807) is 6.92 Å². The number of hydrogen-bond donors (Lipinski definition) is 2. The van der Waals surface area contributed by atoms with Crippen molar-refractivity contribution in [2.75, 3.05) is 0 Å². The Kier molecular flexibility index (Phi) is 2.67. The van der Waals surface area contributed by atoms with Crippen LogP contribution >= 0.6 is 0 Å². The van der Waals surface area contributed by atoms with E-state index in [0.29, 0.717) is 11.1 Å². The third-order valence-corrected chi connectivity index (χ3v) is 1.20. The van der Waals surface area contributed by atoms with Crippen LogP contribution in [0.5, 0.6) is 0 Å².